The van der Waals surface area contributed by atoms with Crippen molar-refractivity contribution in [2.75, 3.05) is 31.7 Å². The lowest BCUT2D eigenvalue weighted by Crippen LogP contribution is -2.25. The maximum atomic E-state index is 13.3. The number of aryl methyl sites for hydroxylation is 1. The van der Waals surface area contributed by atoms with Gasteiger partial charge in [-0.05, 0) is 55.6 Å². The summed E-state index contributed by atoms with van der Waals surface area (Å²) in [7, 11) is -4.49. The summed E-state index contributed by atoms with van der Waals surface area (Å²) in [5.41, 5.74) is 2.05. The molecule has 3 atom stereocenters. The van der Waals surface area contributed by atoms with E-state index in [1.165, 1.54) is 12.1 Å². The molecule has 2 saturated heterocycles. The van der Waals surface area contributed by atoms with Gasteiger partial charge in [-0.1, -0.05) is 6.07 Å². The van der Waals surface area contributed by atoms with Crippen LogP contribution in [0, 0.1) is 12.8 Å². The van der Waals surface area contributed by atoms with Crippen LogP contribution in [0.4, 0.5) is 5.69 Å². The molecule has 158 valence electrons. The van der Waals surface area contributed by atoms with Crippen LogP contribution < -0.4 is 14.8 Å². The van der Waals surface area contributed by atoms with Gasteiger partial charge in [0.25, 0.3) is 16.0 Å². The first kappa shape index (κ1) is 19.3. The minimum Gasteiger partial charge on any atom is -0.454 e. The van der Waals surface area contributed by atoms with Crippen molar-refractivity contribution in [2.24, 2.45) is 5.92 Å². The fourth-order valence-electron chi connectivity index (χ4n) is 4.83. The highest BCUT2D eigenvalue weighted by Crippen LogP contribution is 2.48. The van der Waals surface area contributed by atoms with Gasteiger partial charge in [-0.2, -0.15) is 8.42 Å². The minimum atomic E-state index is -4.49. The van der Waals surface area contributed by atoms with E-state index in [0.717, 1.165) is 37.2 Å². The molecule has 1 amide bonds. The summed E-state index contributed by atoms with van der Waals surface area (Å²) in [4.78, 5) is 15.3. The summed E-state index contributed by atoms with van der Waals surface area (Å²) >= 11 is 0. The van der Waals surface area contributed by atoms with Gasteiger partial charge < -0.3 is 19.7 Å². The molecule has 0 aliphatic carbocycles. The third-order valence-electron chi connectivity index (χ3n) is 6.19. The Morgan fingerprint density at radius 2 is 2.03 bits per heavy atom. The first-order valence-electron chi connectivity index (χ1n) is 9.85. The van der Waals surface area contributed by atoms with E-state index in [1.54, 1.807) is 25.1 Å². The number of ether oxygens (including phenoxy) is 2. The molecular formula is C21H22N2O6S. The molecule has 0 spiro atoms. The lowest BCUT2D eigenvalue weighted by Gasteiger charge is -2.25. The third kappa shape index (κ3) is 3.23. The van der Waals surface area contributed by atoms with Crippen molar-refractivity contribution < 1.29 is 27.2 Å². The third-order valence-corrected chi connectivity index (χ3v) is 7.10. The maximum absolute atomic E-state index is 13.3. The molecule has 0 saturated carbocycles. The topological polar surface area (TPSA) is 105 Å². The molecule has 3 aliphatic heterocycles. The number of benzene rings is 2. The molecule has 8 nitrogen and oxygen atoms in total. The summed E-state index contributed by atoms with van der Waals surface area (Å²) in [6, 6.07) is 7.77. The largest absolute Gasteiger partial charge is 0.454 e. The standard InChI is InChI=1S/C21H22N2O6S/c1-12-2-5-18(30(25,26)27)16(8-12)22-21(24)14-3-4-17-20(29-11-28-17)19(14)15-10-23-7-6-13(15)9-23/h2-5,8,13,15H,6-7,9-11H2,1H3,(H,22,24)(H,25,26,27)/t13-,15?/m1/s1. The first-order valence-corrected chi connectivity index (χ1v) is 11.3. The number of carbonyl (C=O) groups is 1. The van der Waals surface area contributed by atoms with E-state index in [9.17, 15) is 17.8 Å². The maximum Gasteiger partial charge on any atom is 0.296 e. The number of rotatable bonds is 4. The van der Waals surface area contributed by atoms with Crippen molar-refractivity contribution in [1.29, 1.82) is 0 Å². The highest BCUT2D eigenvalue weighted by Gasteiger charge is 2.43. The zero-order valence-electron chi connectivity index (χ0n) is 16.4. The molecule has 30 heavy (non-hydrogen) atoms. The number of nitrogens with zero attached hydrogens (tertiary/aromatic N) is 1. The number of amides is 1. The van der Waals surface area contributed by atoms with Gasteiger partial charge >= 0.3 is 0 Å². The monoisotopic (exact) mass is 430 g/mol. The van der Waals surface area contributed by atoms with Crippen molar-refractivity contribution >= 4 is 21.7 Å². The first-order chi connectivity index (χ1) is 14.3. The molecule has 2 unspecified atom stereocenters. The smallest absolute Gasteiger partial charge is 0.296 e. The predicted molar refractivity (Wildman–Crippen MR) is 109 cm³/mol. The Morgan fingerprint density at radius 1 is 1.20 bits per heavy atom. The van der Waals surface area contributed by atoms with Crippen molar-refractivity contribution in [2.45, 2.75) is 24.2 Å². The van der Waals surface area contributed by atoms with Crippen LogP contribution in [0.3, 0.4) is 0 Å². The second kappa shape index (κ2) is 6.97. The Morgan fingerprint density at radius 3 is 2.73 bits per heavy atom. The molecule has 3 heterocycles. The Bertz CT molecular complexity index is 1150. The number of hydrogen-bond donors (Lipinski definition) is 2. The quantitative estimate of drug-likeness (QED) is 0.719. The van der Waals surface area contributed by atoms with E-state index in [1.807, 2.05) is 0 Å². The van der Waals surface area contributed by atoms with E-state index < -0.39 is 16.0 Å². The van der Waals surface area contributed by atoms with Crippen molar-refractivity contribution in [3.05, 3.63) is 47.0 Å². The Labute approximate surface area is 174 Å². The van der Waals surface area contributed by atoms with Crippen LogP contribution >= 0.6 is 0 Å². The average Bonchev–Trinajstić information content (AvgIpc) is 3.42. The average molecular weight is 430 g/mol. The van der Waals surface area contributed by atoms with Crippen LogP contribution in [-0.2, 0) is 10.1 Å². The van der Waals surface area contributed by atoms with E-state index in [0.29, 0.717) is 23.0 Å². The molecule has 9 heteroatoms. The molecule has 2 fully saturated rings. The van der Waals surface area contributed by atoms with Crippen LogP contribution in [0.15, 0.2) is 35.2 Å². The fourth-order valence-corrected chi connectivity index (χ4v) is 5.46. The Kier molecular flexibility index (Phi) is 4.49. The number of piperidine rings is 1. The summed E-state index contributed by atoms with van der Waals surface area (Å²) in [5.74, 6) is 1.36. The van der Waals surface area contributed by atoms with Gasteiger partial charge in [0, 0.05) is 30.1 Å². The van der Waals surface area contributed by atoms with Crippen LogP contribution in [0.2, 0.25) is 0 Å². The van der Waals surface area contributed by atoms with Gasteiger partial charge in [-0.3, -0.25) is 9.35 Å². The summed E-state index contributed by atoms with van der Waals surface area (Å²) in [6.45, 7) is 4.81. The molecule has 2 bridgehead atoms. The molecule has 2 N–H and O–H groups in total. The molecule has 2 aromatic carbocycles. The molecule has 2 aromatic rings. The van der Waals surface area contributed by atoms with Crippen molar-refractivity contribution in [3.8, 4) is 11.5 Å². The Hall–Kier alpha value is -2.62. The van der Waals surface area contributed by atoms with Gasteiger partial charge in [0.05, 0.1) is 5.69 Å². The van der Waals surface area contributed by atoms with Crippen LogP contribution in [-0.4, -0.2) is 50.2 Å². The second-order valence-electron chi connectivity index (χ2n) is 8.10. The zero-order chi connectivity index (χ0) is 21.0. The zero-order valence-corrected chi connectivity index (χ0v) is 17.2. The second-order valence-corrected chi connectivity index (χ2v) is 9.49. The van der Waals surface area contributed by atoms with E-state index in [-0.39, 0.29) is 23.3 Å². The molecule has 0 aromatic heterocycles. The molecule has 0 radical (unpaired) electrons. The number of carbonyl (C=O) groups excluding carboxylic acids is 1. The van der Waals surface area contributed by atoms with Gasteiger partial charge in [-0.25, -0.2) is 0 Å². The van der Waals surface area contributed by atoms with Gasteiger partial charge in [0.15, 0.2) is 11.5 Å². The number of hydrogen-bond acceptors (Lipinski definition) is 6. The molecule has 3 aliphatic rings. The highest BCUT2D eigenvalue weighted by atomic mass is 32.2. The summed E-state index contributed by atoms with van der Waals surface area (Å²) < 4.78 is 44.3. The normalized spacial score (nSPS) is 24.3. The number of fused-ring (bicyclic) bond motifs is 3. The van der Waals surface area contributed by atoms with E-state index in [4.69, 9.17) is 9.47 Å². The summed E-state index contributed by atoms with van der Waals surface area (Å²) in [5, 5.41) is 2.69. The minimum absolute atomic E-state index is 0.0443. The fraction of sp³-hybridized carbons (Fsp3) is 0.381. The van der Waals surface area contributed by atoms with Crippen LogP contribution in [0.25, 0.3) is 0 Å². The SMILES string of the molecule is Cc1ccc(S(=O)(=O)O)c(NC(=O)c2ccc3c(c2C2CN4CC[C@@H]2C4)OCO3)c1. The number of anilines is 1. The van der Waals surface area contributed by atoms with Crippen molar-refractivity contribution in [3.63, 3.8) is 0 Å². The van der Waals surface area contributed by atoms with Gasteiger partial charge in [0.1, 0.15) is 4.90 Å². The van der Waals surface area contributed by atoms with E-state index in [2.05, 4.69) is 10.2 Å². The number of nitrogens with one attached hydrogen (secondary N) is 1. The van der Waals surface area contributed by atoms with Gasteiger partial charge in [0.2, 0.25) is 6.79 Å². The predicted octanol–water partition coefficient (Wildman–Crippen LogP) is 2.64. The lowest BCUT2D eigenvalue weighted by atomic mass is 9.83. The van der Waals surface area contributed by atoms with E-state index >= 15 is 0 Å². The Balaban J connectivity index is 1.56. The van der Waals surface area contributed by atoms with Crippen LogP contribution in [0.5, 0.6) is 11.5 Å². The van der Waals surface area contributed by atoms with Gasteiger partial charge in [-0.15, -0.1) is 0 Å². The summed E-state index contributed by atoms with van der Waals surface area (Å²) in [6.07, 6.45) is 1.07. The van der Waals surface area contributed by atoms with Crippen molar-refractivity contribution in [1.82, 2.24) is 4.90 Å². The highest BCUT2D eigenvalue weighted by molar-refractivity contribution is 7.86. The lowest BCUT2D eigenvalue weighted by molar-refractivity contribution is 0.102. The molecule has 5 rings (SSSR count). The van der Waals surface area contributed by atoms with Crippen LogP contribution in [0.1, 0.15) is 33.8 Å². The molecular weight excluding hydrogens is 408 g/mol.